The summed E-state index contributed by atoms with van der Waals surface area (Å²) in [4.78, 5) is 18.7. The second kappa shape index (κ2) is 5.96. The molecule has 0 saturated carbocycles. The van der Waals surface area contributed by atoms with Crippen molar-refractivity contribution in [2.45, 2.75) is 12.8 Å². The van der Waals surface area contributed by atoms with Crippen molar-refractivity contribution in [2.75, 3.05) is 18.8 Å². The molecule has 0 atom stereocenters. The quantitative estimate of drug-likeness (QED) is 0.783. The van der Waals surface area contributed by atoms with Gasteiger partial charge in [0, 0.05) is 30.2 Å². The minimum atomic E-state index is 0.122. The number of anilines is 1. The van der Waals surface area contributed by atoms with Crippen molar-refractivity contribution in [3.63, 3.8) is 0 Å². The second-order valence-electron chi connectivity index (χ2n) is 6.21. The van der Waals surface area contributed by atoms with Crippen molar-refractivity contribution in [1.29, 1.82) is 0 Å². The Balaban J connectivity index is 1.73. The Kier molecular flexibility index (Phi) is 3.65. The lowest BCUT2D eigenvalue weighted by atomic mass is 10.00. The zero-order chi connectivity index (χ0) is 16.5. The average Bonchev–Trinajstić information content (AvgIpc) is 3.16. The van der Waals surface area contributed by atoms with Gasteiger partial charge in [-0.1, -0.05) is 24.3 Å². The molecule has 4 heteroatoms. The Bertz CT molecular complexity index is 914. The minimum Gasteiger partial charge on any atom is -0.383 e. The van der Waals surface area contributed by atoms with E-state index >= 15 is 0 Å². The van der Waals surface area contributed by atoms with E-state index in [9.17, 15) is 4.79 Å². The summed E-state index contributed by atoms with van der Waals surface area (Å²) in [5.74, 6) is 0.648. The van der Waals surface area contributed by atoms with Gasteiger partial charge in [0.05, 0.1) is 0 Å². The van der Waals surface area contributed by atoms with Crippen LogP contribution in [0.5, 0.6) is 0 Å². The van der Waals surface area contributed by atoms with Crippen molar-refractivity contribution >= 4 is 22.5 Å². The van der Waals surface area contributed by atoms with E-state index in [1.807, 2.05) is 47.4 Å². The maximum Gasteiger partial charge on any atom is 0.253 e. The van der Waals surface area contributed by atoms with Gasteiger partial charge in [-0.2, -0.15) is 0 Å². The van der Waals surface area contributed by atoms with Crippen LogP contribution in [-0.2, 0) is 0 Å². The first kappa shape index (κ1) is 14.7. The van der Waals surface area contributed by atoms with Crippen molar-refractivity contribution < 1.29 is 4.79 Å². The summed E-state index contributed by atoms with van der Waals surface area (Å²) in [6.07, 6.45) is 3.91. The van der Waals surface area contributed by atoms with Gasteiger partial charge in [-0.05, 0) is 53.6 Å². The van der Waals surface area contributed by atoms with Crippen LogP contribution in [-0.4, -0.2) is 28.9 Å². The SMILES string of the molecule is Nc1nccc2ccc(-c3cccc(C(=O)N4CCCC4)c3)cc12. The molecule has 1 aliphatic heterocycles. The number of likely N-dealkylation sites (tertiary alicyclic amines) is 1. The van der Waals surface area contributed by atoms with Gasteiger partial charge in [-0.25, -0.2) is 4.98 Å². The molecular weight excluding hydrogens is 298 g/mol. The standard InChI is InChI=1S/C20H19N3O/c21-19-18-13-16(7-6-14(18)8-9-22-19)15-4-3-5-17(12-15)20(24)23-10-1-2-11-23/h3-9,12-13H,1-2,10-11H2,(H2,21,22). The number of carbonyl (C=O) groups is 1. The van der Waals surface area contributed by atoms with E-state index in [1.165, 1.54) is 0 Å². The third-order valence-electron chi connectivity index (χ3n) is 4.63. The predicted molar refractivity (Wildman–Crippen MR) is 96.7 cm³/mol. The molecule has 0 aliphatic carbocycles. The van der Waals surface area contributed by atoms with Crippen LogP contribution in [0.25, 0.3) is 21.9 Å². The van der Waals surface area contributed by atoms with Gasteiger partial charge < -0.3 is 10.6 Å². The van der Waals surface area contributed by atoms with E-state index in [1.54, 1.807) is 6.20 Å². The van der Waals surface area contributed by atoms with Crippen LogP contribution in [0, 0.1) is 0 Å². The molecule has 1 fully saturated rings. The molecule has 1 aliphatic rings. The fourth-order valence-electron chi connectivity index (χ4n) is 3.30. The van der Waals surface area contributed by atoms with Crippen LogP contribution >= 0.6 is 0 Å². The first-order chi connectivity index (χ1) is 11.7. The normalized spacial score (nSPS) is 14.2. The molecule has 1 aromatic heterocycles. The van der Waals surface area contributed by atoms with Gasteiger partial charge in [0.25, 0.3) is 5.91 Å². The molecule has 3 aromatic rings. The number of nitrogens with zero attached hydrogens (tertiary/aromatic N) is 2. The highest BCUT2D eigenvalue weighted by Gasteiger charge is 2.19. The molecule has 2 N–H and O–H groups in total. The van der Waals surface area contributed by atoms with E-state index < -0.39 is 0 Å². The van der Waals surface area contributed by atoms with Crippen LogP contribution in [0.3, 0.4) is 0 Å². The Morgan fingerprint density at radius 1 is 1.00 bits per heavy atom. The van der Waals surface area contributed by atoms with Crippen LogP contribution in [0.15, 0.2) is 54.7 Å². The topological polar surface area (TPSA) is 59.2 Å². The van der Waals surface area contributed by atoms with Crippen LogP contribution in [0.4, 0.5) is 5.82 Å². The number of rotatable bonds is 2. The summed E-state index contributed by atoms with van der Waals surface area (Å²) in [5, 5.41) is 2.00. The van der Waals surface area contributed by atoms with E-state index in [0.717, 1.165) is 53.4 Å². The number of aromatic nitrogens is 1. The Morgan fingerprint density at radius 2 is 1.79 bits per heavy atom. The zero-order valence-corrected chi connectivity index (χ0v) is 13.4. The summed E-state index contributed by atoms with van der Waals surface area (Å²) in [6.45, 7) is 1.72. The first-order valence-electron chi connectivity index (χ1n) is 8.26. The van der Waals surface area contributed by atoms with E-state index in [4.69, 9.17) is 5.73 Å². The molecule has 0 unspecified atom stereocenters. The number of hydrogen-bond acceptors (Lipinski definition) is 3. The Hall–Kier alpha value is -2.88. The fourth-order valence-corrected chi connectivity index (χ4v) is 3.30. The molecule has 1 saturated heterocycles. The van der Waals surface area contributed by atoms with Crippen molar-refractivity contribution in [1.82, 2.24) is 9.88 Å². The number of nitrogens with two attached hydrogens (primary N) is 1. The fraction of sp³-hybridized carbons (Fsp3) is 0.200. The minimum absolute atomic E-state index is 0.122. The van der Waals surface area contributed by atoms with Crippen molar-refractivity contribution in [3.8, 4) is 11.1 Å². The van der Waals surface area contributed by atoms with Gasteiger partial charge in [0.2, 0.25) is 0 Å². The summed E-state index contributed by atoms with van der Waals surface area (Å²) in [6, 6.07) is 15.9. The Morgan fingerprint density at radius 3 is 2.62 bits per heavy atom. The summed E-state index contributed by atoms with van der Waals surface area (Å²) >= 11 is 0. The molecule has 120 valence electrons. The molecule has 2 aromatic carbocycles. The zero-order valence-electron chi connectivity index (χ0n) is 13.4. The molecule has 1 amide bonds. The van der Waals surface area contributed by atoms with Crippen LogP contribution < -0.4 is 5.73 Å². The van der Waals surface area contributed by atoms with E-state index in [-0.39, 0.29) is 5.91 Å². The lowest BCUT2D eigenvalue weighted by Crippen LogP contribution is -2.27. The van der Waals surface area contributed by atoms with Gasteiger partial charge >= 0.3 is 0 Å². The molecule has 2 heterocycles. The Labute approximate surface area is 140 Å². The maximum atomic E-state index is 12.6. The molecule has 4 rings (SSSR count). The monoisotopic (exact) mass is 317 g/mol. The van der Waals surface area contributed by atoms with Crippen LogP contribution in [0.1, 0.15) is 23.2 Å². The number of pyridine rings is 1. The summed E-state index contributed by atoms with van der Waals surface area (Å²) in [7, 11) is 0. The number of fused-ring (bicyclic) bond motifs is 1. The van der Waals surface area contributed by atoms with Crippen molar-refractivity contribution in [2.24, 2.45) is 0 Å². The largest absolute Gasteiger partial charge is 0.383 e. The highest BCUT2D eigenvalue weighted by Crippen LogP contribution is 2.27. The smallest absolute Gasteiger partial charge is 0.253 e. The van der Waals surface area contributed by atoms with Gasteiger partial charge in [-0.3, -0.25) is 4.79 Å². The van der Waals surface area contributed by atoms with E-state index in [0.29, 0.717) is 5.82 Å². The third kappa shape index (κ3) is 2.60. The number of nitrogen functional groups attached to an aromatic ring is 1. The van der Waals surface area contributed by atoms with Crippen LogP contribution in [0.2, 0.25) is 0 Å². The third-order valence-corrected chi connectivity index (χ3v) is 4.63. The summed E-state index contributed by atoms with van der Waals surface area (Å²) < 4.78 is 0. The summed E-state index contributed by atoms with van der Waals surface area (Å²) in [5.41, 5.74) is 8.80. The molecule has 4 nitrogen and oxygen atoms in total. The van der Waals surface area contributed by atoms with Gasteiger partial charge in [0.1, 0.15) is 5.82 Å². The number of benzene rings is 2. The lowest BCUT2D eigenvalue weighted by molar-refractivity contribution is 0.0793. The number of hydrogen-bond donors (Lipinski definition) is 1. The maximum absolute atomic E-state index is 12.6. The highest BCUT2D eigenvalue weighted by atomic mass is 16.2. The molecule has 0 bridgehead atoms. The second-order valence-corrected chi connectivity index (χ2v) is 6.21. The molecule has 0 spiro atoms. The molecular formula is C20H19N3O. The number of carbonyl (C=O) groups excluding carboxylic acids is 1. The van der Waals surface area contributed by atoms with E-state index in [2.05, 4.69) is 11.1 Å². The number of amides is 1. The van der Waals surface area contributed by atoms with Crippen molar-refractivity contribution in [3.05, 3.63) is 60.3 Å². The lowest BCUT2D eigenvalue weighted by Gasteiger charge is -2.15. The van der Waals surface area contributed by atoms with Gasteiger partial charge in [-0.15, -0.1) is 0 Å². The predicted octanol–water partition coefficient (Wildman–Crippen LogP) is 3.72. The molecule has 24 heavy (non-hydrogen) atoms. The van der Waals surface area contributed by atoms with Gasteiger partial charge in [0.15, 0.2) is 0 Å². The molecule has 0 radical (unpaired) electrons. The highest BCUT2D eigenvalue weighted by molar-refractivity contribution is 5.97. The first-order valence-corrected chi connectivity index (χ1v) is 8.26. The average molecular weight is 317 g/mol.